The van der Waals surface area contributed by atoms with Gasteiger partial charge in [0, 0.05) is 11.6 Å². The van der Waals surface area contributed by atoms with Crippen molar-refractivity contribution in [3.63, 3.8) is 0 Å². The molecule has 0 fully saturated rings. The smallest absolute Gasteiger partial charge is 0.304 e. The minimum Gasteiger partial charge on any atom is -0.305 e. The number of nitrogens with one attached hydrogen (secondary N) is 1. The van der Waals surface area contributed by atoms with E-state index >= 15 is 0 Å². The molecule has 0 saturated carbocycles. The average molecular weight is 276 g/mol. The Balaban J connectivity index is 2.19. The van der Waals surface area contributed by atoms with Crippen LogP contribution in [-0.4, -0.2) is 20.8 Å². The fourth-order valence-corrected chi connectivity index (χ4v) is 1.44. The molecule has 1 N–H and O–H groups in total. The summed E-state index contributed by atoms with van der Waals surface area (Å²) >= 11 is 0. The van der Waals surface area contributed by atoms with Crippen LogP contribution in [0.4, 0.5) is 15.9 Å². The molecule has 0 saturated heterocycles. The van der Waals surface area contributed by atoms with Crippen molar-refractivity contribution in [2.24, 2.45) is 0 Å². The minimum atomic E-state index is -1.07. The lowest BCUT2D eigenvalue weighted by atomic mass is 10.2. The number of nitrogens with zero attached hydrogens (tertiary/aromatic N) is 3. The number of hydrogen-bond donors (Lipinski definition) is 1. The summed E-state index contributed by atoms with van der Waals surface area (Å²) in [6.45, 7) is 1.74. The van der Waals surface area contributed by atoms with E-state index in [1.807, 2.05) is 0 Å². The molecule has 0 aliphatic heterocycles. The number of carbonyl (C=O) groups is 1. The monoisotopic (exact) mass is 276 g/mol. The molecule has 0 unspecified atom stereocenters. The van der Waals surface area contributed by atoms with Gasteiger partial charge in [-0.1, -0.05) is 0 Å². The van der Waals surface area contributed by atoms with Gasteiger partial charge in [-0.3, -0.25) is 19.9 Å². The lowest BCUT2D eigenvalue weighted by Gasteiger charge is -2.04. The normalized spacial score (nSPS) is 10.1. The Kier molecular flexibility index (Phi) is 3.65. The lowest BCUT2D eigenvalue weighted by molar-refractivity contribution is -0.387. The molecule has 1 amide bonds. The Morgan fingerprint density at radius 2 is 2.10 bits per heavy atom. The third-order valence-corrected chi connectivity index (χ3v) is 2.43. The number of aryl methyl sites for hydroxylation is 1. The van der Waals surface area contributed by atoms with Gasteiger partial charge in [-0.15, -0.1) is 0 Å². The van der Waals surface area contributed by atoms with E-state index in [0.717, 1.165) is 18.2 Å². The van der Waals surface area contributed by atoms with E-state index in [1.54, 1.807) is 6.92 Å². The second-order valence-corrected chi connectivity index (χ2v) is 3.92. The molecule has 0 aliphatic rings. The van der Waals surface area contributed by atoms with Crippen LogP contribution in [0.25, 0.3) is 0 Å². The first-order chi connectivity index (χ1) is 9.47. The Bertz CT molecular complexity index is 673. The molecule has 2 rings (SSSR count). The zero-order valence-electron chi connectivity index (χ0n) is 10.3. The summed E-state index contributed by atoms with van der Waals surface area (Å²) in [5.74, 6) is -1.49. The van der Waals surface area contributed by atoms with E-state index in [1.165, 1.54) is 12.4 Å². The highest BCUT2D eigenvalue weighted by atomic mass is 19.1. The number of aromatic nitrogens is 2. The van der Waals surface area contributed by atoms with Crippen LogP contribution >= 0.6 is 0 Å². The molecule has 0 atom stereocenters. The molecule has 2 aromatic rings. The van der Waals surface area contributed by atoms with E-state index < -0.39 is 22.3 Å². The third-order valence-electron chi connectivity index (χ3n) is 2.43. The van der Waals surface area contributed by atoms with Gasteiger partial charge in [-0.2, -0.15) is 4.39 Å². The molecule has 1 heterocycles. The highest BCUT2D eigenvalue weighted by molar-refractivity contribution is 6.03. The molecule has 102 valence electrons. The van der Waals surface area contributed by atoms with Crippen LogP contribution < -0.4 is 5.32 Å². The van der Waals surface area contributed by atoms with Gasteiger partial charge in [0.05, 0.1) is 23.0 Å². The molecule has 8 heteroatoms. The molecule has 1 aromatic heterocycles. The van der Waals surface area contributed by atoms with E-state index in [0.29, 0.717) is 5.69 Å². The van der Waals surface area contributed by atoms with Crippen LogP contribution in [0.5, 0.6) is 0 Å². The van der Waals surface area contributed by atoms with E-state index in [-0.39, 0.29) is 11.4 Å². The van der Waals surface area contributed by atoms with Crippen LogP contribution in [0.1, 0.15) is 16.1 Å². The molecule has 0 bridgehead atoms. The molecule has 0 spiro atoms. The van der Waals surface area contributed by atoms with Gasteiger partial charge in [-0.25, -0.2) is 4.98 Å². The molecular weight excluding hydrogens is 267 g/mol. The van der Waals surface area contributed by atoms with Crippen molar-refractivity contribution < 1.29 is 14.1 Å². The van der Waals surface area contributed by atoms with Gasteiger partial charge in [0.2, 0.25) is 5.82 Å². The number of hydrogen-bond acceptors (Lipinski definition) is 5. The zero-order valence-corrected chi connectivity index (χ0v) is 10.3. The molecule has 20 heavy (non-hydrogen) atoms. The number of nitro benzene ring substituents is 1. The fraction of sp³-hybridized carbons (Fsp3) is 0.0833. The average Bonchev–Trinajstić information content (AvgIpc) is 2.40. The molecular formula is C12H9FN4O3. The van der Waals surface area contributed by atoms with Crippen LogP contribution in [0.2, 0.25) is 0 Å². The summed E-state index contributed by atoms with van der Waals surface area (Å²) in [5, 5.41) is 12.9. The number of amides is 1. The quantitative estimate of drug-likeness (QED) is 0.683. The number of rotatable bonds is 3. The summed E-state index contributed by atoms with van der Waals surface area (Å²) in [7, 11) is 0. The van der Waals surface area contributed by atoms with E-state index in [9.17, 15) is 19.3 Å². The number of anilines is 1. The first-order valence-corrected chi connectivity index (χ1v) is 5.51. The summed E-state index contributed by atoms with van der Waals surface area (Å²) in [5.41, 5.74) is -0.0449. The van der Waals surface area contributed by atoms with Gasteiger partial charge >= 0.3 is 5.69 Å². The first kappa shape index (κ1) is 13.5. The molecule has 0 aliphatic carbocycles. The van der Waals surface area contributed by atoms with Crippen molar-refractivity contribution in [1.82, 2.24) is 9.97 Å². The maximum atomic E-state index is 13.4. The SMILES string of the molecule is Cc1cnc(NC(=O)c2ccc([N+](=O)[O-])c(F)c2)cn1. The van der Waals surface area contributed by atoms with Crippen molar-refractivity contribution >= 4 is 17.4 Å². The van der Waals surface area contributed by atoms with Crippen LogP contribution in [0.15, 0.2) is 30.6 Å². The summed E-state index contributed by atoms with van der Waals surface area (Å²) < 4.78 is 13.4. The minimum absolute atomic E-state index is 0.0459. The second kappa shape index (κ2) is 5.39. The number of benzene rings is 1. The van der Waals surface area contributed by atoms with Gasteiger partial charge in [0.15, 0.2) is 5.82 Å². The van der Waals surface area contributed by atoms with E-state index in [2.05, 4.69) is 15.3 Å². The van der Waals surface area contributed by atoms with Crippen molar-refractivity contribution in [2.45, 2.75) is 6.92 Å². The Morgan fingerprint density at radius 1 is 1.35 bits per heavy atom. The summed E-state index contributed by atoms with van der Waals surface area (Å²) in [4.78, 5) is 29.3. The topological polar surface area (TPSA) is 98.0 Å². The number of halogens is 1. The summed E-state index contributed by atoms with van der Waals surface area (Å²) in [6.07, 6.45) is 2.82. The predicted octanol–water partition coefficient (Wildman–Crippen LogP) is 2.08. The predicted molar refractivity (Wildman–Crippen MR) is 67.8 cm³/mol. The summed E-state index contributed by atoms with van der Waals surface area (Å²) in [6, 6.07) is 2.90. The highest BCUT2D eigenvalue weighted by Gasteiger charge is 2.16. The Labute approximate surface area is 112 Å². The molecule has 7 nitrogen and oxygen atoms in total. The van der Waals surface area contributed by atoms with Gasteiger partial charge in [-0.05, 0) is 19.1 Å². The Hall–Kier alpha value is -2.90. The van der Waals surface area contributed by atoms with Gasteiger partial charge in [0.1, 0.15) is 0 Å². The third kappa shape index (κ3) is 2.91. The largest absolute Gasteiger partial charge is 0.305 e. The first-order valence-electron chi connectivity index (χ1n) is 5.51. The lowest BCUT2D eigenvalue weighted by Crippen LogP contribution is -2.13. The standard InChI is InChI=1S/C12H9FN4O3/c1-7-5-15-11(6-14-7)16-12(18)8-2-3-10(17(19)20)9(13)4-8/h2-6H,1H3,(H,15,16,18). The molecule has 1 aromatic carbocycles. The van der Waals surface area contributed by atoms with Crippen molar-refractivity contribution in [1.29, 1.82) is 0 Å². The maximum absolute atomic E-state index is 13.4. The van der Waals surface area contributed by atoms with Crippen molar-refractivity contribution in [3.8, 4) is 0 Å². The maximum Gasteiger partial charge on any atom is 0.304 e. The number of carbonyl (C=O) groups excluding carboxylic acids is 1. The van der Waals surface area contributed by atoms with Crippen LogP contribution in [0, 0.1) is 22.9 Å². The second-order valence-electron chi connectivity index (χ2n) is 3.92. The van der Waals surface area contributed by atoms with Crippen LogP contribution in [-0.2, 0) is 0 Å². The highest BCUT2D eigenvalue weighted by Crippen LogP contribution is 2.18. The van der Waals surface area contributed by atoms with E-state index in [4.69, 9.17) is 0 Å². The zero-order chi connectivity index (χ0) is 14.7. The van der Waals surface area contributed by atoms with Crippen molar-refractivity contribution in [3.05, 3.63) is 57.8 Å². The Morgan fingerprint density at radius 3 is 2.65 bits per heavy atom. The van der Waals surface area contributed by atoms with Crippen molar-refractivity contribution in [2.75, 3.05) is 5.32 Å². The van der Waals surface area contributed by atoms with Gasteiger partial charge < -0.3 is 5.32 Å². The van der Waals surface area contributed by atoms with Gasteiger partial charge in [0.25, 0.3) is 5.91 Å². The number of nitro groups is 1. The fourth-order valence-electron chi connectivity index (χ4n) is 1.44. The molecule has 0 radical (unpaired) electrons. The van der Waals surface area contributed by atoms with Crippen LogP contribution in [0.3, 0.4) is 0 Å².